The van der Waals surface area contributed by atoms with Crippen molar-refractivity contribution < 1.29 is 13.9 Å². The van der Waals surface area contributed by atoms with Crippen molar-refractivity contribution in [2.45, 2.75) is 38.8 Å². The van der Waals surface area contributed by atoms with Gasteiger partial charge in [0.1, 0.15) is 5.76 Å². The lowest BCUT2D eigenvalue weighted by Crippen LogP contribution is -2.42. The van der Waals surface area contributed by atoms with Crippen molar-refractivity contribution in [3.8, 4) is 0 Å². The van der Waals surface area contributed by atoms with Crippen molar-refractivity contribution in [2.24, 2.45) is 5.92 Å². The molecule has 1 N–H and O–H groups in total. The van der Waals surface area contributed by atoms with E-state index in [1.54, 1.807) is 13.4 Å². The second kappa shape index (κ2) is 8.20. The maximum absolute atomic E-state index is 12.8. The molecule has 1 fully saturated rings. The third-order valence-corrected chi connectivity index (χ3v) is 4.61. The molecular formula is C18H26N4O3. The Balaban J connectivity index is 1.63. The third-order valence-electron chi connectivity index (χ3n) is 4.61. The highest BCUT2D eigenvalue weighted by Gasteiger charge is 2.33. The number of nitrogens with one attached hydrogen (secondary N) is 1. The normalized spacial score (nSPS) is 20.6. The lowest BCUT2D eigenvalue weighted by molar-refractivity contribution is 0.129. The first-order valence-electron chi connectivity index (χ1n) is 8.81. The van der Waals surface area contributed by atoms with E-state index in [0.29, 0.717) is 24.9 Å². The predicted molar refractivity (Wildman–Crippen MR) is 94.3 cm³/mol. The molecule has 0 aromatic carbocycles. The monoisotopic (exact) mass is 346 g/mol. The molecule has 1 aliphatic heterocycles. The van der Waals surface area contributed by atoms with Crippen LogP contribution in [-0.2, 0) is 11.3 Å². The van der Waals surface area contributed by atoms with Crippen LogP contribution < -0.4 is 5.32 Å². The number of nitrogens with zero attached hydrogens (tertiary/aromatic N) is 3. The summed E-state index contributed by atoms with van der Waals surface area (Å²) in [5.74, 6) is 1.98. The van der Waals surface area contributed by atoms with E-state index in [-0.39, 0.29) is 12.1 Å². The number of rotatable bonds is 6. The van der Waals surface area contributed by atoms with Crippen LogP contribution in [-0.4, -0.2) is 41.0 Å². The fourth-order valence-corrected chi connectivity index (χ4v) is 3.24. The number of carbonyl (C=O) groups is 1. The molecule has 25 heavy (non-hydrogen) atoms. The first-order chi connectivity index (χ1) is 12.2. The Morgan fingerprint density at radius 1 is 1.48 bits per heavy atom. The number of methoxy groups -OCH3 is 1. The van der Waals surface area contributed by atoms with Gasteiger partial charge in [-0.25, -0.2) is 4.79 Å². The summed E-state index contributed by atoms with van der Waals surface area (Å²) in [7, 11) is 1.68. The van der Waals surface area contributed by atoms with Gasteiger partial charge in [0.2, 0.25) is 0 Å². The summed E-state index contributed by atoms with van der Waals surface area (Å²) in [6.07, 6.45) is 6.32. The Hall–Kier alpha value is -2.28. The van der Waals surface area contributed by atoms with Crippen LogP contribution in [0.3, 0.4) is 0 Å². The van der Waals surface area contributed by atoms with Crippen molar-refractivity contribution in [3.63, 3.8) is 0 Å². The number of piperidine rings is 1. The summed E-state index contributed by atoms with van der Waals surface area (Å²) >= 11 is 0. The average Bonchev–Trinajstić information content (AvgIpc) is 3.27. The number of urea groups is 1. The highest BCUT2D eigenvalue weighted by molar-refractivity contribution is 5.88. The number of ether oxygens (including phenoxy) is 1. The van der Waals surface area contributed by atoms with Crippen LogP contribution in [0.4, 0.5) is 10.6 Å². The second-order valence-electron chi connectivity index (χ2n) is 6.59. The van der Waals surface area contributed by atoms with Gasteiger partial charge in [-0.1, -0.05) is 6.92 Å². The standard InChI is InChI=1S/C18H26N4O3/c1-14-6-10-22(15(13-14)16-5-3-12-25-16)18(23)19-17-7-9-21(20-17)8-4-11-24-2/h3,5,7,9,12,14-15H,4,6,8,10-11,13H2,1-2H3,(H,19,20,23)/t14-,15+/m1/s1. The van der Waals surface area contributed by atoms with Gasteiger partial charge in [0.25, 0.3) is 0 Å². The van der Waals surface area contributed by atoms with Crippen molar-refractivity contribution >= 4 is 11.8 Å². The smallest absolute Gasteiger partial charge is 0.323 e. The Labute approximate surface area is 147 Å². The summed E-state index contributed by atoms with van der Waals surface area (Å²) in [6.45, 7) is 4.39. The first kappa shape index (κ1) is 17.5. The Bertz CT molecular complexity index is 668. The number of anilines is 1. The number of carbonyl (C=O) groups excluding carboxylic acids is 1. The fourth-order valence-electron chi connectivity index (χ4n) is 3.24. The molecule has 2 aromatic rings. The van der Waals surface area contributed by atoms with Crippen LogP contribution in [0, 0.1) is 5.92 Å². The number of furan rings is 1. The molecule has 0 bridgehead atoms. The van der Waals surface area contributed by atoms with Crippen molar-refractivity contribution in [1.82, 2.24) is 14.7 Å². The number of aromatic nitrogens is 2. The van der Waals surface area contributed by atoms with Crippen molar-refractivity contribution in [2.75, 3.05) is 25.6 Å². The largest absolute Gasteiger partial charge is 0.467 e. The van der Waals surface area contributed by atoms with Crippen LogP contribution in [0.1, 0.15) is 38.0 Å². The van der Waals surface area contributed by atoms with E-state index < -0.39 is 0 Å². The molecule has 136 valence electrons. The summed E-state index contributed by atoms with van der Waals surface area (Å²) in [4.78, 5) is 14.6. The van der Waals surface area contributed by atoms with Crippen molar-refractivity contribution in [3.05, 3.63) is 36.4 Å². The Kier molecular flexibility index (Phi) is 5.75. The second-order valence-corrected chi connectivity index (χ2v) is 6.59. The topological polar surface area (TPSA) is 72.5 Å². The van der Waals surface area contributed by atoms with Gasteiger partial charge in [-0.15, -0.1) is 0 Å². The molecule has 0 saturated carbocycles. The van der Waals surface area contributed by atoms with Crippen LogP contribution >= 0.6 is 0 Å². The van der Waals surface area contributed by atoms with E-state index in [0.717, 1.165) is 31.6 Å². The van der Waals surface area contributed by atoms with Gasteiger partial charge >= 0.3 is 6.03 Å². The number of likely N-dealkylation sites (tertiary alicyclic amines) is 1. The van der Waals surface area contributed by atoms with Gasteiger partial charge in [0.05, 0.1) is 12.3 Å². The average molecular weight is 346 g/mol. The summed E-state index contributed by atoms with van der Waals surface area (Å²) in [5, 5.41) is 7.31. The lowest BCUT2D eigenvalue weighted by Gasteiger charge is -2.37. The molecule has 2 amide bonds. The molecule has 0 aliphatic carbocycles. The summed E-state index contributed by atoms with van der Waals surface area (Å²) < 4.78 is 12.4. The molecule has 1 aliphatic rings. The maximum atomic E-state index is 12.8. The summed E-state index contributed by atoms with van der Waals surface area (Å²) in [5.41, 5.74) is 0. The minimum absolute atomic E-state index is 0.0254. The molecule has 0 radical (unpaired) electrons. The molecule has 3 heterocycles. The van der Waals surface area contributed by atoms with E-state index >= 15 is 0 Å². The zero-order valence-electron chi connectivity index (χ0n) is 14.9. The highest BCUT2D eigenvalue weighted by atomic mass is 16.5. The molecule has 7 heteroatoms. The van der Waals surface area contributed by atoms with E-state index in [4.69, 9.17) is 9.15 Å². The van der Waals surface area contributed by atoms with Gasteiger partial charge in [-0.3, -0.25) is 10.00 Å². The highest BCUT2D eigenvalue weighted by Crippen LogP contribution is 2.34. The minimum atomic E-state index is -0.129. The lowest BCUT2D eigenvalue weighted by atomic mass is 9.91. The van der Waals surface area contributed by atoms with Crippen LogP contribution in [0.25, 0.3) is 0 Å². The number of hydrogen-bond donors (Lipinski definition) is 1. The molecule has 1 saturated heterocycles. The Morgan fingerprint density at radius 2 is 2.36 bits per heavy atom. The van der Waals surface area contributed by atoms with Gasteiger partial charge in [-0.05, 0) is 37.3 Å². The van der Waals surface area contributed by atoms with E-state index in [1.165, 1.54) is 0 Å². The number of hydrogen-bond acceptors (Lipinski definition) is 4. The molecule has 0 unspecified atom stereocenters. The molecule has 2 aromatic heterocycles. The van der Waals surface area contributed by atoms with Gasteiger partial charge in [0, 0.05) is 39.1 Å². The number of aryl methyl sites for hydroxylation is 1. The minimum Gasteiger partial charge on any atom is -0.467 e. The van der Waals surface area contributed by atoms with E-state index in [2.05, 4.69) is 17.3 Å². The molecule has 3 rings (SSSR count). The maximum Gasteiger partial charge on any atom is 0.323 e. The number of amides is 2. The predicted octanol–water partition coefficient (Wildman–Crippen LogP) is 3.52. The van der Waals surface area contributed by atoms with Gasteiger partial charge in [-0.2, -0.15) is 5.10 Å². The molecule has 2 atom stereocenters. The van der Waals surface area contributed by atoms with Gasteiger partial charge in [0.15, 0.2) is 5.82 Å². The zero-order chi connectivity index (χ0) is 17.6. The quantitative estimate of drug-likeness (QED) is 0.812. The Morgan fingerprint density at radius 3 is 3.12 bits per heavy atom. The van der Waals surface area contributed by atoms with Crippen molar-refractivity contribution in [1.29, 1.82) is 0 Å². The van der Waals surface area contributed by atoms with E-state index in [9.17, 15) is 4.79 Å². The van der Waals surface area contributed by atoms with Gasteiger partial charge < -0.3 is 14.1 Å². The van der Waals surface area contributed by atoms with Crippen LogP contribution in [0.2, 0.25) is 0 Å². The fraction of sp³-hybridized carbons (Fsp3) is 0.556. The van der Waals surface area contributed by atoms with E-state index in [1.807, 2.05) is 34.0 Å². The molecular weight excluding hydrogens is 320 g/mol. The first-order valence-corrected chi connectivity index (χ1v) is 8.81. The summed E-state index contributed by atoms with van der Waals surface area (Å²) in [6, 6.07) is 5.47. The zero-order valence-corrected chi connectivity index (χ0v) is 14.9. The molecule has 7 nitrogen and oxygen atoms in total. The third kappa shape index (κ3) is 4.42. The SMILES string of the molecule is COCCCn1ccc(NC(=O)N2CC[C@@H](C)C[C@H]2c2ccco2)n1. The van der Waals surface area contributed by atoms with Crippen LogP contribution in [0.15, 0.2) is 35.1 Å². The van der Waals surface area contributed by atoms with Crippen LogP contribution in [0.5, 0.6) is 0 Å². The molecule has 0 spiro atoms.